The van der Waals surface area contributed by atoms with E-state index in [4.69, 9.17) is 29.3 Å². The van der Waals surface area contributed by atoms with Gasteiger partial charge in [0.15, 0.2) is 34.8 Å². The molecule has 1 N–H and O–H groups in total. The van der Waals surface area contributed by atoms with Crippen LogP contribution in [0.3, 0.4) is 0 Å². The van der Waals surface area contributed by atoms with E-state index in [1.165, 1.54) is 0 Å². The average Bonchev–Trinajstić information content (AvgIpc) is 3.39. The number of hydrogen-bond acceptors (Lipinski definition) is 9. The number of nitrogens with zero attached hydrogens (tertiary/aromatic N) is 6. The second-order valence-corrected chi connectivity index (χ2v) is 10.0. The number of para-hydroxylation sites is 3. The Morgan fingerprint density at radius 2 is 1.65 bits per heavy atom. The molecule has 10 heteroatoms. The van der Waals surface area contributed by atoms with Crippen molar-refractivity contribution in [2.45, 2.75) is 13.0 Å². The van der Waals surface area contributed by atoms with Crippen LogP contribution < -0.4 is 24.4 Å². The summed E-state index contributed by atoms with van der Waals surface area (Å²) in [5.74, 6) is 4.53. The molecule has 0 saturated heterocycles. The molecule has 0 spiro atoms. The van der Waals surface area contributed by atoms with Gasteiger partial charge in [-0.1, -0.05) is 36.4 Å². The van der Waals surface area contributed by atoms with Gasteiger partial charge in [-0.05, 0) is 49.4 Å². The summed E-state index contributed by atoms with van der Waals surface area (Å²) in [6.45, 7) is 2.00. The number of anilines is 2. The van der Waals surface area contributed by atoms with Gasteiger partial charge in [0.2, 0.25) is 0 Å². The average molecular weight is 572 g/mol. The quantitative estimate of drug-likeness (QED) is 0.252. The van der Waals surface area contributed by atoms with Crippen molar-refractivity contribution in [2.75, 3.05) is 31.5 Å². The molecule has 2 aliphatic rings. The largest absolute Gasteiger partial charge is 0.497 e. The van der Waals surface area contributed by atoms with E-state index in [2.05, 4.69) is 27.3 Å². The number of fused-ring (bicyclic) bond motifs is 4. The number of rotatable bonds is 6. The predicted octanol–water partition coefficient (Wildman–Crippen LogP) is 6.40. The maximum absolute atomic E-state index is 5.99. The molecule has 0 fully saturated rings. The third kappa shape index (κ3) is 4.35. The van der Waals surface area contributed by atoms with Gasteiger partial charge in [-0.2, -0.15) is 9.78 Å². The van der Waals surface area contributed by atoms with Crippen LogP contribution in [0, 0.1) is 6.92 Å². The Labute approximate surface area is 248 Å². The monoisotopic (exact) mass is 571 g/mol. The van der Waals surface area contributed by atoms with Crippen LogP contribution in [0.4, 0.5) is 22.9 Å². The molecular weight excluding hydrogens is 542 g/mol. The molecule has 7 rings (SSSR count). The Balaban J connectivity index is 1.52. The van der Waals surface area contributed by atoms with Crippen molar-refractivity contribution < 1.29 is 14.2 Å². The van der Waals surface area contributed by atoms with Crippen LogP contribution in [0.1, 0.15) is 22.9 Å². The van der Waals surface area contributed by atoms with E-state index < -0.39 is 0 Å². The molecule has 0 bridgehead atoms. The molecule has 1 atom stereocenters. The van der Waals surface area contributed by atoms with Gasteiger partial charge in [0.1, 0.15) is 5.75 Å². The number of ether oxygens (including phenoxy) is 3. The van der Waals surface area contributed by atoms with E-state index in [-0.39, 0.29) is 6.04 Å². The summed E-state index contributed by atoms with van der Waals surface area (Å²) in [5.41, 5.74) is 5.17. The molecule has 0 unspecified atom stereocenters. The van der Waals surface area contributed by atoms with Gasteiger partial charge in [0.25, 0.3) is 0 Å². The number of aryl methyl sites for hydroxylation is 1. The zero-order chi connectivity index (χ0) is 29.5. The summed E-state index contributed by atoms with van der Waals surface area (Å²) in [4.78, 5) is 17.1. The lowest BCUT2D eigenvalue weighted by atomic mass is 9.92. The lowest BCUT2D eigenvalue weighted by Crippen LogP contribution is -2.46. The third-order valence-electron chi connectivity index (χ3n) is 7.57. The van der Waals surface area contributed by atoms with Crippen molar-refractivity contribution >= 4 is 34.6 Å². The summed E-state index contributed by atoms with van der Waals surface area (Å²) in [7, 11) is 4.95. The normalized spacial score (nSPS) is 15.0. The number of aromatic nitrogens is 3. The Bertz CT molecular complexity index is 1900. The number of benzene rings is 3. The minimum absolute atomic E-state index is 0.385. The molecule has 0 amide bonds. The van der Waals surface area contributed by atoms with Crippen molar-refractivity contribution in [3.8, 4) is 23.1 Å². The minimum Gasteiger partial charge on any atom is -0.497 e. The number of nitrogens with one attached hydrogen (secondary N) is 1. The Hall–Kier alpha value is -5.64. The van der Waals surface area contributed by atoms with Gasteiger partial charge in [0.05, 0.1) is 44.4 Å². The van der Waals surface area contributed by atoms with Gasteiger partial charge in [0, 0.05) is 29.1 Å². The number of methoxy groups -OCH3 is 3. The number of pyridine rings is 1. The molecule has 2 aliphatic heterocycles. The van der Waals surface area contributed by atoms with Crippen molar-refractivity contribution in [1.82, 2.24) is 14.8 Å². The first-order valence-corrected chi connectivity index (χ1v) is 13.8. The van der Waals surface area contributed by atoms with Crippen LogP contribution in [0.15, 0.2) is 101 Å². The second-order valence-electron chi connectivity index (χ2n) is 10.0. The molecule has 2 aromatic heterocycles. The number of aliphatic imine (C=N–C) groups is 2. The first-order valence-electron chi connectivity index (χ1n) is 13.8. The summed E-state index contributed by atoms with van der Waals surface area (Å²) in [6.07, 6.45) is 1.75. The highest BCUT2D eigenvalue weighted by atomic mass is 16.5. The van der Waals surface area contributed by atoms with Crippen LogP contribution in [0.5, 0.6) is 17.2 Å². The Morgan fingerprint density at radius 3 is 2.44 bits per heavy atom. The van der Waals surface area contributed by atoms with Crippen LogP contribution >= 0.6 is 0 Å². The summed E-state index contributed by atoms with van der Waals surface area (Å²) in [5, 5.41) is 8.47. The van der Waals surface area contributed by atoms with Crippen molar-refractivity contribution in [3.05, 3.63) is 108 Å². The molecule has 5 aromatic rings. The molecule has 10 nitrogen and oxygen atoms in total. The third-order valence-corrected chi connectivity index (χ3v) is 7.57. The highest BCUT2D eigenvalue weighted by molar-refractivity contribution is 6.51. The molecule has 3 aromatic carbocycles. The van der Waals surface area contributed by atoms with E-state index in [1.54, 1.807) is 32.2 Å². The van der Waals surface area contributed by atoms with E-state index in [1.807, 2.05) is 79.7 Å². The molecule has 43 heavy (non-hydrogen) atoms. The van der Waals surface area contributed by atoms with Crippen molar-refractivity contribution in [1.29, 1.82) is 0 Å². The highest BCUT2D eigenvalue weighted by Gasteiger charge is 2.43. The molecule has 0 radical (unpaired) electrons. The first-order chi connectivity index (χ1) is 21.1. The maximum atomic E-state index is 5.99. The smallest absolute Gasteiger partial charge is 0.179 e. The zero-order valence-corrected chi connectivity index (χ0v) is 24.1. The van der Waals surface area contributed by atoms with Crippen LogP contribution in [0.25, 0.3) is 5.82 Å². The van der Waals surface area contributed by atoms with Crippen LogP contribution in [-0.2, 0) is 0 Å². The van der Waals surface area contributed by atoms with Gasteiger partial charge < -0.3 is 24.4 Å². The van der Waals surface area contributed by atoms with Gasteiger partial charge >= 0.3 is 0 Å². The summed E-state index contributed by atoms with van der Waals surface area (Å²) >= 11 is 0. The van der Waals surface area contributed by atoms with Crippen LogP contribution in [-0.4, -0.2) is 47.8 Å². The topological polar surface area (TPSA) is 98.4 Å². The number of amidine groups is 2. The Kier molecular flexibility index (Phi) is 6.50. The highest BCUT2D eigenvalue weighted by Crippen LogP contribution is 2.51. The van der Waals surface area contributed by atoms with Gasteiger partial charge in [-0.25, -0.2) is 15.0 Å². The van der Waals surface area contributed by atoms with Gasteiger partial charge in [-0.3, -0.25) is 0 Å². The standard InChI is InChI=1S/C33H29N7O3/c1-20-28-29(23-13-10-16-26(42-3)30(23)43-4)39-25-15-6-5-14-24(25)36-31(35-21-11-9-12-22(19-21)41-2)33(39)37-32(28)40(38-20)27-17-7-8-18-34-27/h5-19,29H,1-4H3,(H,35,36)/t29-/m0/s1. The molecule has 214 valence electrons. The van der Waals surface area contributed by atoms with E-state index in [0.717, 1.165) is 39.6 Å². The Morgan fingerprint density at radius 1 is 0.814 bits per heavy atom. The predicted molar refractivity (Wildman–Crippen MR) is 167 cm³/mol. The lowest BCUT2D eigenvalue weighted by Gasteiger charge is -2.41. The molecule has 4 heterocycles. The van der Waals surface area contributed by atoms with Crippen molar-refractivity contribution in [2.24, 2.45) is 9.98 Å². The summed E-state index contributed by atoms with van der Waals surface area (Å²) < 4.78 is 19.0. The fourth-order valence-electron chi connectivity index (χ4n) is 5.70. The maximum Gasteiger partial charge on any atom is 0.179 e. The second kappa shape index (κ2) is 10.6. The lowest BCUT2D eigenvalue weighted by molar-refractivity contribution is 0.350. The number of hydrogen-bond donors (Lipinski definition) is 1. The zero-order valence-electron chi connectivity index (χ0n) is 24.1. The fourth-order valence-corrected chi connectivity index (χ4v) is 5.70. The van der Waals surface area contributed by atoms with E-state index >= 15 is 0 Å². The summed E-state index contributed by atoms with van der Waals surface area (Å²) in [6, 6.07) is 27.0. The SMILES string of the molecule is COc1cccc(NC2=Nc3ccccc3N3C2=Nc2c(c(C)nn2-c2ccccn2)[C@@H]3c2cccc(OC)c2OC)c1. The minimum atomic E-state index is -0.385. The van der Waals surface area contributed by atoms with Crippen LogP contribution in [0.2, 0.25) is 0 Å². The van der Waals surface area contributed by atoms with Crippen molar-refractivity contribution in [3.63, 3.8) is 0 Å². The van der Waals surface area contributed by atoms with Gasteiger partial charge in [-0.15, -0.1) is 0 Å². The van der Waals surface area contributed by atoms with E-state index in [9.17, 15) is 0 Å². The first kappa shape index (κ1) is 26.3. The molecule has 0 aliphatic carbocycles. The fraction of sp³-hybridized carbons (Fsp3) is 0.152. The molecule has 0 saturated carbocycles. The van der Waals surface area contributed by atoms with E-state index in [0.29, 0.717) is 34.8 Å². The molecular formula is C33H29N7O3.